The molecule has 3 N–H and O–H groups in total. The van der Waals surface area contributed by atoms with E-state index in [1.165, 1.54) is 25.7 Å². The molecule has 1 rings (SSSR count). The van der Waals surface area contributed by atoms with Crippen molar-refractivity contribution in [2.24, 2.45) is 0 Å². The second-order valence-corrected chi connectivity index (χ2v) is 5.56. The van der Waals surface area contributed by atoms with E-state index in [1.807, 2.05) is 6.92 Å². The maximum atomic E-state index is 9.83. The lowest BCUT2D eigenvalue weighted by Gasteiger charge is -2.40. The zero-order valence-corrected chi connectivity index (χ0v) is 12.7. The van der Waals surface area contributed by atoms with Crippen LogP contribution in [0, 0.1) is 0 Å². The van der Waals surface area contributed by atoms with Gasteiger partial charge in [-0.3, -0.25) is 0 Å². The standard InChI is InChI=1S/C15H30O5/c1-3-5-6-7-8-9-10-19-15-14(18)13(17)12(16)11(4-2)20-15/h11-18H,3-10H2,1-2H3. The van der Waals surface area contributed by atoms with Crippen LogP contribution in [-0.4, -0.2) is 52.6 Å². The minimum atomic E-state index is -1.21. The Morgan fingerprint density at radius 2 is 1.50 bits per heavy atom. The second-order valence-electron chi connectivity index (χ2n) is 5.56. The molecule has 1 aliphatic rings. The molecule has 20 heavy (non-hydrogen) atoms. The molecule has 0 aromatic heterocycles. The highest BCUT2D eigenvalue weighted by atomic mass is 16.7. The van der Waals surface area contributed by atoms with Crippen molar-refractivity contribution in [3.05, 3.63) is 0 Å². The minimum Gasteiger partial charge on any atom is -0.388 e. The second kappa shape index (κ2) is 9.68. The normalized spacial score (nSPS) is 34.4. The van der Waals surface area contributed by atoms with Crippen LogP contribution in [0.5, 0.6) is 0 Å². The molecule has 0 aromatic rings. The highest BCUT2D eigenvalue weighted by Gasteiger charge is 2.43. The summed E-state index contributed by atoms with van der Waals surface area (Å²) >= 11 is 0. The van der Waals surface area contributed by atoms with E-state index in [9.17, 15) is 15.3 Å². The molecule has 0 amide bonds. The fourth-order valence-electron chi connectivity index (χ4n) is 2.47. The molecule has 0 saturated carbocycles. The van der Waals surface area contributed by atoms with Gasteiger partial charge in [0.1, 0.15) is 18.3 Å². The number of hydrogen-bond donors (Lipinski definition) is 3. The summed E-state index contributed by atoms with van der Waals surface area (Å²) in [4.78, 5) is 0. The van der Waals surface area contributed by atoms with E-state index < -0.39 is 30.7 Å². The molecule has 5 nitrogen and oxygen atoms in total. The third-order valence-corrected chi connectivity index (χ3v) is 3.85. The molecule has 1 saturated heterocycles. The average Bonchev–Trinajstić information content (AvgIpc) is 2.46. The SMILES string of the molecule is CCCCCCCCOC1OC(CC)C(O)C(O)C1O. The first-order chi connectivity index (χ1) is 9.61. The van der Waals surface area contributed by atoms with Crippen LogP contribution in [0.25, 0.3) is 0 Å². The number of aliphatic hydroxyl groups is 3. The van der Waals surface area contributed by atoms with Gasteiger partial charge in [0, 0.05) is 6.61 Å². The van der Waals surface area contributed by atoms with E-state index >= 15 is 0 Å². The van der Waals surface area contributed by atoms with Crippen molar-refractivity contribution in [1.82, 2.24) is 0 Å². The minimum absolute atomic E-state index is 0.483. The summed E-state index contributed by atoms with van der Waals surface area (Å²) in [5.74, 6) is 0. The van der Waals surface area contributed by atoms with Crippen LogP contribution in [0.3, 0.4) is 0 Å². The molecule has 120 valence electrons. The zero-order valence-electron chi connectivity index (χ0n) is 12.7. The summed E-state index contributed by atoms with van der Waals surface area (Å²) in [5.41, 5.74) is 0. The topological polar surface area (TPSA) is 79.2 Å². The highest BCUT2D eigenvalue weighted by Crippen LogP contribution is 2.24. The van der Waals surface area contributed by atoms with Crippen molar-refractivity contribution in [1.29, 1.82) is 0 Å². The monoisotopic (exact) mass is 290 g/mol. The summed E-state index contributed by atoms with van der Waals surface area (Å²) in [7, 11) is 0. The summed E-state index contributed by atoms with van der Waals surface area (Å²) in [6.45, 7) is 4.56. The van der Waals surface area contributed by atoms with Crippen molar-refractivity contribution < 1.29 is 24.8 Å². The first kappa shape index (κ1) is 17.9. The largest absolute Gasteiger partial charge is 0.388 e. The van der Waals surface area contributed by atoms with Crippen LogP contribution in [0.15, 0.2) is 0 Å². The van der Waals surface area contributed by atoms with E-state index in [2.05, 4.69) is 6.92 Å². The van der Waals surface area contributed by atoms with Gasteiger partial charge in [0.15, 0.2) is 6.29 Å². The van der Waals surface area contributed by atoms with Crippen LogP contribution in [-0.2, 0) is 9.47 Å². The number of ether oxygens (including phenoxy) is 2. The van der Waals surface area contributed by atoms with Gasteiger partial charge in [-0.15, -0.1) is 0 Å². The van der Waals surface area contributed by atoms with Crippen LogP contribution < -0.4 is 0 Å². The van der Waals surface area contributed by atoms with Gasteiger partial charge in [-0.2, -0.15) is 0 Å². The average molecular weight is 290 g/mol. The molecule has 5 unspecified atom stereocenters. The molecule has 5 heteroatoms. The lowest BCUT2D eigenvalue weighted by Crippen LogP contribution is -2.58. The highest BCUT2D eigenvalue weighted by molar-refractivity contribution is 4.88. The molecule has 1 heterocycles. The zero-order chi connectivity index (χ0) is 15.0. The molecule has 0 aliphatic carbocycles. The predicted octanol–water partition coefficient (Wildman–Crippen LogP) is 1.58. The third kappa shape index (κ3) is 5.30. The van der Waals surface area contributed by atoms with Gasteiger partial charge < -0.3 is 24.8 Å². The molecule has 0 aromatic carbocycles. The van der Waals surface area contributed by atoms with E-state index in [0.717, 1.165) is 12.8 Å². The first-order valence-corrected chi connectivity index (χ1v) is 7.93. The number of unbranched alkanes of at least 4 members (excludes halogenated alkanes) is 5. The van der Waals surface area contributed by atoms with Gasteiger partial charge >= 0.3 is 0 Å². The Kier molecular flexibility index (Phi) is 8.64. The maximum absolute atomic E-state index is 9.83. The van der Waals surface area contributed by atoms with Crippen LogP contribution in [0.1, 0.15) is 58.8 Å². The lowest BCUT2D eigenvalue weighted by atomic mass is 9.97. The first-order valence-electron chi connectivity index (χ1n) is 7.93. The van der Waals surface area contributed by atoms with Crippen LogP contribution in [0.4, 0.5) is 0 Å². The third-order valence-electron chi connectivity index (χ3n) is 3.85. The molecule has 0 bridgehead atoms. The van der Waals surface area contributed by atoms with Gasteiger partial charge in [0.25, 0.3) is 0 Å². The smallest absolute Gasteiger partial charge is 0.186 e. The summed E-state index contributed by atoms with van der Waals surface area (Å²) in [5, 5.41) is 29.3. The summed E-state index contributed by atoms with van der Waals surface area (Å²) in [6.07, 6.45) is 2.78. The number of aliphatic hydroxyl groups excluding tert-OH is 3. The Morgan fingerprint density at radius 3 is 2.15 bits per heavy atom. The quantitative estimate of drug-likeness (QED) is 0.562. The predicted molar refractivity (Wildman–Crippen MR) is 76.3 cm³/mol. The van der Waals surface area contributed by atoms with Crippen molar-refractivity contribution in [2.75, 3.05) is 6.61 Å². The van der Waals surface area contributed by atoms with E-state index in [4.69, 9.17) is 9.47 Å². The molecule has 0 radical (unpaired) electrons. The maximum Gasteiger partial charge on any atom is 0.186 e. The molecule has 0 spiro atoms. The Balaban J connectivity index is 2.21. The summed E-state index contributed by atoms with van der Waals surface area (Å²) < 4.78 is 11.0. The van der Waals surface area contributed by atoms with Gasteiger partial charge in [-0.05, 0) is 12.8 Å². The molecule has 1 fully saturated rings. The summed E-state index contributed by atoms with van der Waals surface area (Å²) in [6, 6.07) is 0. The van der Waals surface area contributed by atoms with Gasteiger partial charge in [0.2, 0.25) is 0 Å². The van der Waals surface area contributed by atoms with E-state index in [-0.39, 0.29) is 0 Å². The Bertz CT molecular complexity index is 246. The Morgan fingerprint density at radius 1 is 0.850 bits per heavy atom. The number of rotatable bonds is 9. The van der Waals surface area contributed by atoms with E-state index in [1.54, 1.807) is 0 Å². The van der Waals surface area contributed by atoms with Gasteiger partial charge in [-0.1, -0.05) is 46.0 Å². The molecule has 5 atom stereocenters. The van der Waals surface area contributed by atoms with Gasteiger partial charge in [-0.25, -0.2) is 0 Å². The Hall–Kier alpha value is -0.200. The Labute approximate surface area is 121 Å². The van der Waals surface area contributed by atoms with Crippen molar-refractivity contribution >= 4 is 0 Å². The molecule has 1 aliphatic heterocycles. The van der Waals surface area contributed by atoms with Crippen LogP contribution >= 0.6 is 0 Å². The van der Waals surface area contributed by atoms with Crippen molar-refractivity contribution in [2.45, 2.75) is 89.5 Å². The molecular weight excluding hydrogens is 260 g/mol. The van der Waals surface area contributed by atoms with Crippen molar-refractivity contribution in [3.63, 3.8) is 0 Å². The fraction of sp³-hybridized carbons (Fsp3) is 1.00. The van der Waals surface area contributed by atoms with Crippen molar-refractivity contribution in [3.8, 4) is 0 Å². The fourth-order valence-corrected chi connectivity index (χ4v) is 2.47. The van der Waals surface area contributed by atoms with E-state index in [0.29, 0.717) is 13.0 Å². The van der Waals surface area contributed by atoms with Crippen LogP contribution in [0.2, 0.25) is 0 Å². The number of hydrogen-bond acceptors (Lipinski definition) is 5. The molecular formula is C15H30O5. The van der Waals surface area contributed by atoms with Gasteiger partial charge in [0.05, 0.1) is 6.10 Å². The lowest BCUT2D eigenvalue weighted by molar-refractivity contribution is -0.297.